The Morgan fingerprint density at radius 1 is 1.19 bits per heavy atom. The van der Waals surface area contributed by atoms with E-state index in [9.17, 15) is 23.1 Å². The Hall–Kier alpha value is -2.72. The second kappa shape index (κ2) is 9.83. The molecule has 0 radical (unpaired) electrons. The number of carbonyl (C=O) groups is 2. The summed E-state index contributed by atoms with van der Waals surface area (Å²) in [6, 6.07) is 8.73. The summed E-state index contributed by atoms with van der Waals surface area (Å²) in [6.07, 6.45) is 2.75. The summed E-state index contributed by atoms with van der Waals surface area (Å²) in [5, 5.41) is 15.4. The van der Waals surface area contributed by atoms with Gasteiger partial charge in [0.2, 0.25) is 0 Å². The summed E-state index contributed by atoms with van der Waals surface area (Å²) in [7, 11) is -3.60. The van der Waals surface area contributed by atoms with Gasteiger partial charge in [0.15, 0.2) is 21.1 Å². The minimum absolute atomic E-state index is 0.0799. The number of amides is 1. The number of halogens is 1. The predicted octanol–water partition coefficient (Wildman–Crippen LogP) is 5.28. The van der Waals surface area contributed by atoms with Crippen molar-refractivity contribution in [2.45, 2.75) is 49.7 Å². The van der Waals surface area contributed by atoms with Gasteiger partial charge in [0, 0.05) is 4.47 Å². The lowest BCUT2D eigenvalue weighted by molar-refractivity contribution is 0.0698. The Balaban J connectivity index is 1.98. The van der Waals surface area contributed by atoms with Gasteiger partial charge in [-0.15, -0.1) is 0 Å². The lowest BCUT2D eigenvalue weighted by Crippen LogP contribution is -2.21. The Kier molecular flexibility index (Phi) is 7.35. The maximum Gasteiger partial charge on any atom is 0.337 e. The molecule has 0 saturated carbocycles. The van der Waals surface area contributed by atoms with Crippen LogP contribution in [0, 0.1) is 0 Å². The molecule has 0 fully saturated rings. The third-order valence-corrected chi connectivity index (χ3v) is 8.07. The van der Waals surface area contributed by atoms with E-state index >= 15 is 0 Å². The second-order valence-corrected chi connectivity index (χ2v) is 10.5. The molecule has 170 valence electrons. The monoisotopic (exact) mass is 522 g/mol. The molecule has 8 nitrogen and oxygen atoms in total. The summed E-state index contributed by atoms with van der Waals surface area (Å²) in [4.78, 5) is 24.5. The number of unbranched alkanes of at least 4 members (excludes halogenated alkanes) is 1. The van der Waals surface area contributed by atoms with Gasteiger partial charge < -0.3 is 14.9 Å². The van der Waals surface area contributed by atoms with Gasteiger partial charge in [-0.2, -0.15) is 0 Å². The molecule has 0 bridgehead atoms. The molecular formula is C22H23BrN2O6S. The summed E-state index contributed by atoms with van der Waals surface area (Å²) in [6.45, 7) is 3.85. The molecule has 0 saturated heterocycles. The van der Waals surface area contributed by atoms with Crippen LogP contribution in [0.5, 0.6) is 0 Å². The molecule has 0 spiro atoms. The van der Waals surface area contributed by atoms with Crippen LogP contribution in [0.2, 0.25) is 0 Å². The van der Waals surface area contributed by atoms with Crippen LogP contribution in [0.25, 0.3) is 11.0 Å². The van der Waals surface area contributed by atoms with Gasteiger partial charge >= 0.3 is 5.97 Å². The number of aromatic carboxylic acids is 1. The first-order chi connectivity index (χ1) is 15.2. The van der Waals surface area contributed by atoms with Crippen molar-refractivity contribution in [2.24, 2.45) is 0 Å². The topological polar surface area (TPSA) is 127 Å². The van der Waals surface area contributed by atoms with Crippen molar-refractivity contribution < 1.29 is 27.6 Å². The number of carbonyl (C=O) groups excluding carboxylic acids is 1. The predicted molar refractivity (Wildman–Crippen MR) is 124 cm³/mol. The molecule has 0 aliphatic heterocycles. The first kappa shape index (κ1) is 23.9. The van der Waals surface area contributed by atoms with Gasteiger partial charge in [0.05, 0.1) is 26.8 Å². The van der Waals surface area contributed by atoms with Crippen LogP contribution in [0.15, 0.2) is 50.3 Å². The van der Waals surface area contributed by atoms with Crippen molar-refractivity contribution in [3.05, 3.63) is 52.1 Å². The molecule has 3 rings (SSSR count). The molecule has 32 heavy (non-hydrogen) atoms. The number of sulfone groups is 1. The number of anilines is 1. The minimum atomic E-state index is -3.60. The lowest BCUT2D eigenvalue weighted by atomic mass is 10.1. The molecule has 1 atom stereocenters. The number of nitrogens with zero attached hydrogens (tertiary/aromatic N) is 1. The number of rotatable bonds is 9. The summed E-state index contributed by atoms with van der Waals surface area (Å²) in [5.41, 5.74) is 0.102. The van der Waals surface area contributed by atoms with Crippen LogP contribution in [0.3, 0.4) is 0 Å². The third-order valence-electron chi connectivity index (χ3n) is 5.22. The minimum Gasteiger partial charge on any atom is -0.478 e. The van der Waals surface area contributed by atoms with Gasteiger partial charge in [-0.25, -0.2) is 13.2 Å². The van der Waals surface area contributed by atoms with E-state index in [0.29, 0.717) is 17.3 Å². The SMILES string of the molecule is CCCCC(CC)S(=O)(=O)c1ccc2onc(C(=O)Nc3ccc(Br)cc3C(=O)O)c2c1. The Bertz CT molecular complexity index is 1270. The van der Waals surface area contributed by atoms with Gasteiger partial charge in [-0.1, -0.05) is 47.8 Å². The number of nitrogens with one attached hydrogen (secondary N) is 1. The molecule has 2 N–H and O–H groups in total. The molecule has 1 aromatic heterocycles. The number of carboxylic acids is 1. The molecular weight excluding hydrogens is 500 g/mol. The number of benzene rings is 2. The Morgan fingerprint density at radius 2 is 1.94 bits per heavy atom. The molecule has 0 aliphatic rings. The molecule has 1 heterocycles. The normalized spacial score (nSPS) is 12.6. The number of hydrogen-bond acceptors (Lipinski definition) is 6. The number of aromatic nitrogens is 1. The maximum absolute atomic E-state index is 13.1. The van der Waals surface area contributed by atoms with Crippen molar-refractivity contribution in [3.63, 3.8) is 0 Å². The molecule has 0 aliphatic carbocycles. The van der Waals surface area contributed by atoms with Crippen molar-refractivity contribution in [2.75, 3.05) is 5.32 Å². The summed E-state index contributed by atoms with van der Waals surface area (Å²) >= 11 is 3.20. The van der Waals surface area contributed by atoms with E-state index in [1.54, 1.807) is 6.07 Å². The zero-order valence-electron chi connectivity index (χ0n) is 17.6. The van der Waals surface area contributed by atoms with Crippen LogP contribution >= 0.6 is 15.9 Å². The van der Waals surface area contributed by atoms with Gasteiger partial charge in [0.25, 0.3) is 5.91 Å². The van der Waals surface area contributed by atoms with E-state index in [4.69, 9.17) is 4.52 Å². The molecule has 3 aromatic rings. The number of carboxylic acid groups (broad SMARTS) is 1. The van der Waals surface area contributed by atoms with E-state index < -0.39 is 27.0 Å². The quantitative estimate of drug-likeness (QED) is 0.391. The largest absolute Gasteiger partial charge is 0.478 e. The zero-order valence-corrected chi connectivity index (χ0v) is 20.0. The van der Waals surface area contributed by atoms with Gasteiger partial charge in [-0.05, 0) is 49.2 Å². The van der Waals surface area contributed by atoms with E-state index in [1.807, 2.05) is 13.8 Å². The average molecular weight is 523 g/mol. The standard InChI is InChI=1S/C22H23BrN2O6S/c1-3-5-6-14(4-2)32(29,30)15-8-10-19-17(12-15)20(25-31-19)21(26)24-18-9-7-13(23)11-16(18)22(27)28/h7-12,14H,3-6H2,1-2H3,(H,24,26)(H,27,28). The Labute approximate surface area is 194 Å². The fraction of sp³-hybridized carbons (Fsp3) is 0.318. The van der Waals surface area contributed by atoms with E-state index in [-0.39, 0.29) is 32.8 Å². The summed E-state index contributed by atoms with van der Waals surface area (Å²) < 4.78 is 32.0. The molecule has 1 unspecified atom stereocenters. The van der Waals surface area contributed by atoms with Crippen LogP contribution in [-0.4, -0.2) is 35.8 Å². The molecule has 1 amide bonds. The molecule has 10 heteroatoms. The number of hydrogen-bond donors (Lipinski definition) is 2. The van der Waals surface area contributed by atoms with Crippen LogP contribution in [-0.2, 0) is 9.84 Å². The van der Waals surface area contributed by atoms with Gasteiger partial charge in [-0.3, -0.25) is 4.79 Å². The highest BCUT2D eigenvalue weighted by Gasteiger charge is 2.27. The van der Waals surface area contributed by atoms with E-state index in [2.05, 4.69) is 26.4 Å². The number of fused-ring (bicyclic) bond motifs is 1. The fourth-order valence-electron chi connectivity index (χ4n) is 3.45. The van der Waals surface area contributed by atoms with Crippen molar-refractivity contribution in [3.8, 4) is 0 Å². The highest BCUT2D eigenvalue weighted by Crippen LogP contribution is 2.28. The average Bonchev–Trinajstić information content (AvgIpc) is 3.18. The smallest absolute Gasteiger partial charge is 0.337 e. The van der Waals surface area contributed by atoms with Crippen LogP contribution < -0.4 is 5.32 Å². The van der Waals surface area contributed by atoms with Crippen molar-refractivity contribution in [1.82, 2.24) is 5.16 Å². The molecule has 2 aromatic carbocycles. The van der Waals surface area contributed by atoms with Crippen LogP contribution in [0.1, 0.15) is 60.4 Å². The summed E-state index contributed by atoms with van der Waals surface area (Å²) in [5.74, 6) is -1.92. The van der Waals surface area contributed by atoms with Crippen molar-refractivity contribution in [1.29, 1.82) is 0 Å². The maximum atomic E-state index is 13.1. The van der Waals surface area contributed by atoms with E-state index in [0.717, 1.165) is 12.8 Å². The van der Waals surface area contributed by atoms with Crippen molar-refractivity contribution >= 4 is 54.3 Å². The fourth-order valence-corrected chi connectivity index (χ4v) is 5.65. The zero-order chi connectivity index (χ0) is 23.5. The second-order valence-electron chi connectivity index (χ2n) is 7.36. The first-order valence-electron chi connectivity index (χ1n) is 10.2. The van der Waals surface area contributed by atoms with Crippen LogP contribution in [0.4, 0.5) is 5.69 Å². The highest BCUT2D eigenvalue weighted by atomic mass is 79.9. The Morgan fingerprint density at radius 3 is 2.59 bits per heavy atom. The van der Waals surface area contributed by atoms with E-state index in [1.165, 1.54) is 30.3 Å². The lowest BCUT2D eigenvalue weighted by Gasteiger charge is -2.15. The third kappa shape index (κ3) is 4.86. The van der Waals surface area contributed by atoms with Gasteiger partial charge in [0.1, 0.15) is 0 Å². The first-order valence-corrected chi connectivity index (χ1v) is 12.5. The highest BCUT2D eigenvalue weighted by molar-refractivity contribution is 9.10.